The first kappa shape index (κ1) is 21.8. The molecule has 0 aliphatic carbocycles. The van der Waals surface area contributed by atoms with Crippen LogP contribution >= 0.6 is 23.4 Å². The number of fused-ring (bicyclic) bond motifs is 1. The number of aromatic nitrogens is 3. The van der Waals surface area contributed by atoms with Crippen molar-refractivity contribution in [2.75, 3.05) is 12.4 Å². The molecule has 0 spiro atoms. The van der Waals surface area contributed by atoms with Crippen LogP contribution in [0, 0.1) is 10.1 Å². The number of thioether (sulfide) groups is 1. The number of nitrogens with zero attached hydrogens (tertiary/aromatic N) is 4. The fraction of sp³-hybridized carbons (Fsp3) is 0.190. The zero-order valence-electron chi connectivity index (χ0n) is 17.1. The third kappa shape index (κ3) is 4.19. The summed E-state index contributed by atoms with van der Waals surface area (Å²) in [5.41, 5.74) is 2.22. The van der Waals surface area contributed by atoms with Crippen LogP contribution in [0.1, 0.15) is 24.1 Å². The second-order valence-electron chi connectivity index (χ2n) is 6.95. The molecule has 1 aromatic heterocycles. The minimum absolute atomic E-state index is 0.0853. The predicted molar refractivity (Wildman–Crippen MR) is 121 cm³/mol. The summed E-state index contributed by atoms with van der Waals surface area (Å²) in [6.45, 7) is 1.73. The summed E-state index contributed by atoms with van der Waals surface area (Å²) in [7, 11) is 1.29. The Bertz CT molecular complexity index is 1240. The zero-order chi connectivity index (χ0) is 22.8. The first-order chi connectivity index (χ1) is 15.4. The quantitative estimate of drug-likeness (QED) is 0.240. The number of anilines is 1. The molecule has 3 aromatic rings. The highest BCUT2D eigenvalue weighted by Gasteiger charge is 2.35. The Morgan fingerprint density at radius 2 is 2.09 bits per heavy atom. The number of benzene rings is 2. The maximum Gasteiger partial charge on any atom is 0.338 e. The Kier molecular flexibility index (Phi) is 6.15. The highest BCUT2D eigenvalue weighted by molar-refractivity contribution is 7.98. The van der Waals surface area contributed by atoms with E-state index < -0.39 is 16.9 Å². The average Bonchev–Trinajstić information content (AvgIpc) is 3.19. The Morgan fingerprint density at radius 1 is 1.31 bits per heavy atom. The molecular formula is C21H18ClN5O4S. The molecule has 0 radical (unpaired) electrons. The van der Waals surface area contributed by atoms with E-state index in [1.807, 2.05) is 24.3 Å². The van der Waals surface area contributed by atoms with Crippen molar-refractivity contribution in [1.82, 2.24) is 14.8 Å². The molecule has 1 atom stereocenters. The number of ether oxygens (including phenoxy) is 1. The van der Waals surface area contributed by atoms with Crippen LogP contribution in [0.2, 0.25) is 5.02 Å². The van der Waals surface area contributed by atoms with Crippen LogP contribution < -0.4 is 5.32 Å². The van der Waals surface area contributed by atoms with Crippen LogP contribution in [0.3, 0.4) is 0 Å². The van der Waals surface area contributed by atoms with Crippen LogP contribution in [0.4, 0.5) is 11.6 Å². The van der Waals surface area contributed by atoms with Gasteiger partial charge in [-0.05, 0) is 24.1 Å². The van der Waals surface area contributed by atoms with E-state index >= 15 is 0 Å². The van der Waals surface area contributed by atoms with E-state index in [9.17, 15) is 14.9 Å². The third-order valence-corrected chi connectivity index (χ3v) is 6.21. The fourth-order valence-electron chi connectivity index (χ4n) is 3.44. The lowest BCUT2D eigenvalue weighted by molar-refractivity contribution is -0.384. The van der Waals surface area contributed by atoms with Crippen molar-refractivity contribution in [1.29, 1.82) is 0 Å². The number of hydrogen-bond acceptors (Lipinski definition) is 8. The Hall–Kier alpha value is -3.37. The van der Waals surface area contributed by atoms with Gasteiger partial charge < -0.3 is 10.1 Å². The van der Waals surface area contributed by atoms with Crippen molar-refractivity contribution < 1.29 is 14.5 Å². The Labute approximate surface area is 192 Å². The number of nitro groups is 1. The molecule has 0 saturated carbocycles. The molecule has 0 saturated heterocycles. The van der Waals surface area contributed by atoms with E-state index in [1.54, 1.807) is 23.7 Å². The monoisotopic (exact) mass is 471 g/mol. The maximum atomic E-state index is 12.6. The predicted octanol–water partition coefficient (Wildman–Crippen LogP) is 4.59. The molecular weight excluding hydrogens is 454 g/mol. The van der Waals surface area contributed by atoms with Gasteiger partial charge in [0, 0.05) is 28.6 Å². The van der Waals surface area contributed by atoms with Crippen LogP contribution in [0.5, 0.6) is 0 Å². The van der Waals surface area contributed by atoms with Crippen LogP contribution in [-0.4, -0.2) is 32.8 Å². The molecule has 4 rings (SSSR count). The highest BCUT2D eigenvalue weighted by atomic mass is 35.5. The summed E-state index contributed by atoms with van der Waals surface area (Å²) >= 11 is 7.63. The van der Waals surface area contributed by atoms with E-state index in [1.165, 1.54) is 31.0 Å². The van der Waals surface area contributed by atoms with E-state index in [0.29, 0.717) is 38.7 Å². The van der Waals surface area contributed by atoms with E-state index in [0.717, 1.165) is 5.56 Å². The van der Waals surface area contributed by atoms with Crippen LogP contribution in [0.25, 0.3) is 0 Å². The van der Waals surface area contributed by atoms with E-state index in [4.69, 9.17) is 16.3 Å². The molecule has 1 aliphatic heterocycles. The second kappa shape index (κ2) is 9.01. The number of methoxy groups -OCH3 is 1. The van der Waals surface area contributed by atoms with Crippen molar-refractivity contribution >= 4 is 41.0 Å². The van der Waals surface area contributed by atoms with Gasteiger partial charge in [0.05, 0.1) is 17.6 Å². The average molecular weight is 472 g/mol. The summed E-state index contributed by atoms with van der Waals surface area (Å²) in [4.78, 5) is 28.0. The van der Waals surface area contributed by atoms with Gasteiger partial charge in [-0.15, -0.1) is 5.10 Å². The van der Waals surface area contributed by atoms with Gasteiger partial charge in [-0.3, -0.25) is 10.1 Å². The number of esters is 1. The normalized spacial score (nSPS) is 15.2. The standard InChI is InChI=1S/C21H18ClN5O4S/c1-12-17(19(28)31-2)18(13-7-5-8-15(10-13)27(29)30)26-20(23-12)24-21(25-26)32-11-14-6-3-4-9-16(14)22/h3-10,18H,11H2,1-2H3,(H,23,24,25). The number of hydrogen-bond donors (Lipinski definition) is 1. The van der Waals surface area contributed by atoms with Gasteiger partial charge in [0.1, 0.15) is 6.04 Å². The summed E-state index contributed by atoms with van der Waals surface area (Å²) in [5.74, 6) is 0.423. The van der Waals surface area contributed by atoms with Crippen LogP contribution in [0.15, 0.2) is 65.0 Å². The largest absolute Gasteiger partial charge is 0.466 e. The molecule has 11 heteroatoms. The SMILES string of the molecule is COC(=O)C1=C(C)Nc2nc(SCc3ccccc3Cl)nn2C1c1cccc([N+](=O)[O-])c1. The van der Waals surface area contributed by atoms with Crippen molar-refractivity contribution in [2.45, 2.75) is 23.9 Å². The van der Waals surface area contributed by atoms with E-state index in [-0.39, 0.29) is 5.69 Å². The first-order valence-electron chi connectivity index (χ1n) is 9.52. The highest BCUT2D eigenvalue weighted by Crippen LogP contribution is 2.38. The van der Waals surface area contributed by atoms with Gasteiger partial charge in [-0.25, -0.2) is 9.48 Å². The molecule has 0 bridgehead atoms. The zero-order valence-corrected chi connectivity index (χ0v) is 18.7. The number of rotatable bonds is 6. The summed E-state index contributed by atoms with van der Waals surface area (Å²) in [6.07, 6.45) is 0. The minimum atomic E-state index is -0.735. The molecule has 2 aromatic carbocycles. The first-order valence-corrected chi connectivity index (χ1v) is 10.9. The number of carbonyl (C=O) groups excluding carboxylic acids is 1. The topological polar surface area (TPSA) is 112 Å². The van der Waals surface area contributed by atoms with Gasteiger partial charge in [0.2, 0.25) is 11.1 Å². The molecule has 0 amide bonds. The van der Waals surface area contributed by atoms with Crippen molar-refractivity contribution in [3.05, 3.63) is 86.1 Å². The smallest absolute Gasteiger partial charge is 0.338 e. The summed E-state index contributed by atoms with van der Waals surface area (Å²) in [5, 5.41) is 20.1. The maximum absolute atomic E-state index is 12.6. The third-order valence-electron chi connectivity index (χ3n) is 4.95. The number of nitrogens with one attached hydrogen (secondary N) is 1. The lowest BCUT2D eigenvalue weighted by Gasteiger charge is -2.27. The van der Waals surface area contributed by atoms with Crippen molar-refractivity contribution in [3.63, 3.8) is 0 Å². The molecule has 164 valence electrons. The molecule has 2 heterocycles. The van der Waals surface area contributed by atoms with Gasteiger partial charge in [0.25, 0.3) is 5.69 Å². The minimum Gasteiger partial charge on any atom is -0.466 e. The van der Waals surface area contributed by atoms with E-state index in [2.05, 4.69) is 15.4 Å². The number of nitro benzene ring substituents is 1. The molecule has 32 heavy (non-hydrogen) atoms. The Balaban J connectivity index is 1.74. The lowest BCUT2D eigenvalue weighted by Crippen LogP contribution is -2.29. The molecule has 1 N–H and O–H groups in total. The van der Waals surface area contributed by atoms with Crippen molar-refractivity contribution in [3.8, 4) is 0 Å². The molecule has 1 aliphatic rings. The molecule has 1 unspecified atom stereocenters. The number of carbonyl (C=O) groups is 1. The van der Waals surface area contributed by atoms with Gasteiger partial charge >= 0.3 is 5.97 Å². The number of halogens is 1. The summed E-state index contributed by atoms with van der Waals surface area (Å²) in [6, 6.07) is 12.9. The van der Waals surface area contributed by atoms with Crippen molar-refractivity contribution in [2.24, 2.45) is 0 Å². The Morgan fingerprint density at radius 3 is 2.81 bits per heavy atom. The number of allylic oxidation sites excluding steroid dienone is 1. The lowest BCUT2D eigenvalue weighted by atomic mass is 9.95. The van der Waals surface area contributed by atoms with Gasteiger partial charge in [-0.1, -0.05) is 53.7 Å². The van der Waals surface area contributed by atoms with Gasteiger partial charge in [-0.2, -0.15) is 4.98 Å². The molecule has 0 fully saturated rings. The second-order valence-corrected chi connectivity index (χ2v) is 8.30. The van der Waals surface area contributed by atoms with Crippen LogP contribution in [-0.2, 0) is 15.3 Å². The molecule has 9 nitrogen and oxygen atoms in total. The summed E-state index contributed by atoms with van der Waals surface area (Å²) < 4.78 is 6.53. The fourth-order valence-corrected chi connectivity index (χ4v) is 4.56. The van der Waals surface area contributed by atoms with Gasteiger partial charge in [0.15, 0.2) is 0 Å². The number of non-ortho nitro benzene ring substituents is 1.